The van der Waals surface area contributed by atoms with Gasteiger partial charge in [0.2, 0.25) is 0 Å². The summed E-state index contributed by atoms with van der Waals surface area (Å²) in [6, 6.07) is 0. The highest BCUT2D eigenvalue weighted by molar-refractivity contribution is 4.85. The standard InChI is InChI=1S/C13H24O/c1-2-3-10-4-5-12-9-13(14)7-6-11(12)8-10/h10-14H,2-9H2,1H3/t10-,11+,12+,13+/m0/s1. The molecule has 1 nitrogen and oxygen atoms in total. The first kappa shape index (κ1) is 10.5. The van der Waals surface area contributed by atoms with Gasteiger partial charge in [0.05, 0.1) is 6.10 Å². The van der Waals surface area contributed by atoms with E-state index in [0.29, 0.717) is 0 Å². The Morgan fingerprint density at radius 3 is 2.50 bits per heavy atom. The fourth-order valence-corrected chi connectivity index (χ4v) is 3.63. The van der Waals surface area contributed by atoms with E-state index >= 15 is 0 Å². The molecule has 1 N–H and O–H groups in total. The van der Waals surface area contributed by atoms with Crippen LogP contribution < -0.4 is 0 Å². The van der Waals surface area contributed by atoms with Crippen LogP contribution in [0.5, 0.6) is 0 Å². The molecule has 14 heavy (non-hydrogen) atoms. The zero-order chi connectivity index (χ0) is 9.97. The van der Waals surface area contributed by atoms with Gasteiger partial charge < -0.3 is 5.11 Å². The van der Waals surface area contributed by atoms with Gasteiger partial charge in [0.15, 0.2) is 0 Å². The third kappa shape index (κ3) is 2.31. The molecule has 1 heteroatoms. The second kappa shape index (κ2) is 4.65. The lowest BCUT2D eigenvalue weighted by molar-refractivity contribution is 0.0340. The van der Waals surface area contributed by atoms with E-state index in [-0.39, 0.29) is 6.10 Å². The van der Waals surface area contributed by atoms with Gasteiger partial charge in [-0.3, -0.25) is 0 Å². The van der Waals surface area contributed by atoms with Crippen LogP contribution in [0.15, 0.2) is 0 Å². The minimum atomic E-state index is 0.0268. The quantitative estimate of drug-likeness (QED) is 0.718. The van der Waals surface area contributed by atoms with Gasteiger partial charge in [-0.05, 0) is 49.9 Å². The maximum absolute atomic E-state index is 9.62. The molecule has 0 aromatic heterocycles. The van der Waals surface area contributed by atoms with Crippen molar-refractivity contribution in [3.63, 3.8) is 0 Å². The second-order valence-corrected chi connectivity index (χ2v) is 5.45. The molecule has 0 saturated heterocycles. The van der Waals surface area contributed by atoms with Crippen molar-refractivity contribution < 1.29 is 5.11 Å². The lowest BCUT2D eigenvalue weighted by atomic mass is 9.66. The summed E-state index contributed by atoms with van der Waals surface area (Å²) in [6.45, 7) is 2.30. The average Bonchev–Trinajstić information content (AvgIpc) is 2.19. The zero-order valence-electron chi connectivity index (χ0n) is 9.41. The molecule has 0 heterocycles. The summed E-state index contributed by atoms with van der Waals surface area (Å²) in [4.78, 5) is 0. The lowest BCUT2D eigenvalue weighted by Crippen LogP contribution is -2.32. The maximum atomic E-state index is 9.62. The molecule has 0 radical (unpaired) electrons. The van der Waals surface area contributed by atoms with Crippen molar-refractivity contribution in [2.24, 2.45) is 17.8 Å². The molecule has 0 unspecified atom stereocenters. The highest BCUT2D eigenvalue weighted by Gasteiger charge is 2.34. The molecule has 0 bridgehead atoms. The van der Waals surface area contributed by atoms with Crippen molar-refractivity contribution >= 4 is 0 Å². The molecule has 2 saturated carbocycles. The topological polar surface area (TPSA) is 20.2 Å². The van der Waals surface area contributed by atoms with E-state index < -0.39 is 0 Å². The molecule has 0 amide bonds. The summed E-state index contributed by atoms with van der Waals surface area (Å²) in [7, 11) is 0. The Labute approximate surface area is 87.9 Å². The summed E-state index contributed by atoms with van der Waals surface area (Å²) in [5.74, 6) is 2.84. The first-order chi connectivity index (χ1) is 6.79. The van der Waals surface area contributed by atoms with E-state index in [4.69, 9.17) is 0 Å². The van der Waals surface area contributed by atoms with Crippen LogP contribution in [-0.2, 0) is 0 Å². The molecule has 2 rings (SSSR count). The van der Waals surface area contributed by atoms with E-state index in [1.807, 2.05) is 0 Å². The van der Waals surface area contributed by atoms with E-state index in [1.54, 1.807) is 0 Å². The van der Waals surface area contributed by atoms with Gasteiger partial charge in [0.1, 0.15) is 0 Å². The van der Waals surface area contributed by atoms with Crippen molar-refractivity contribution in [1.82, 2.24) is 0 Å². The van der Waals surface area contributed by atoms with Crippen LogP contribution in [0.25, 0.3) is 0 Å². The van der Waals surface area contributed by atoms with Gasteiger partial charge >= 0.3 is 0 Å². The van der Waals surface area contributed by atoms with E-state index in [0.717, 1.165) is 30.6 Å². The molecule has 0 aromatic carbocycles. The summed E-state index contributed by atoms with van der Waals surface area (Å²) in [6.07, 6.45) is 10.6. The Bertz CT molecular complexity index is 178. The largest absolute Gasteiger partial charge is 0.393 e. The van der Waals surface area contributed by atoms with Crippen molar-refractivity contribution in [3.05, 3.63) is 0 Å². The fourth-order valence-electron chi connectivity index (χ4n) is 3.63. The van der Waals surface area contributed by atoms with Crippen LogP contribution in [-0.4, -0.2) is 11.2 Å². The second-order valence-electron chi connectivity index (χ2n) is 5.45. The van der Waals surface area contributed by atoms with Crippen LogP contribution in [0, 0.1) is 17.8 Å². The first-order valence-electron chi connectivity index (χ1n) is 6.47. The first-order valence-corrected chi connectivity index (χ1v) is 6.47. The Morgan fingerprint density at radius 2 is 1.71 bits per heavy atom. The molecule has 0 aliphatic heterocycles. The average molecular weight is 196 g/mol. The van der Waals surface area contributed by atoms with Gasteiger partial charge in [-0.2, -0.15) is 0 Å². The van der Waals surface area contributed by atoms with Crippen LogP contribution in [0.3, 0.4) is 0 Å². The van der Waals surface area contributed by atoms with Crippen LogP contribution in [0.2, 0.25) is 0 Å². The predicted octanol–water partition coefficient (Wildman–Crippen LogP) is 3.36. The zero-order valence-corrected chi connectivity index (χ0v) is 9.41. The summed E-state index contributed by atoms with van der Waals surface area (Å²) in [5.41, 5.74) is 0. The summed E-state index contributed by atoms with van der Waals surface area (Å²) in [5, 5.41) is 9.62. The number of hydrogen-bond acceptors (Lipinski definition) is 1. The molecule has 0 spiro atoms. The third-order valence-electron chi connectivity index (χ3n) is 4.39. The number of rotatable bonds is 2. The van der Waals surface area contributed by atoms with Gasteiger partial charge in [-0.25, -0.2) is 0 Å². The molecule has 82 valence electrons. The highest BCUT2D eigenvalue weighted by Crippen LogP contribution is 2.43. The van der Waals surface area contributed by atoms with Crippen LogP contribution in [0.4, 0.5) is 0 Å². The molecule has 2 fully saturated rings. The third-order valence-corrected chi connectivity index (χ3v) is 4.39. The number of hydrogen-bond donors (Lipinski definition) is 1. The predicted molar refractivity (Wildman–Crippen MR) is 59.1 cm³/mol. The van der Waals surface area contributed by atoms with Gasteiger partial charge in [0.25, 0.3) is 0 Å². The Kier molecular flexibility index (Phi) is 3.48. The molecule has 4 atom stereocenters. The smallest absolute Gasteiger partial charge is 0.0543 e. The number of aliphatic hydroxyl groups is 1. The van der Waals surface area contributed by atoms with Gasteiger partial charge in [-0.15, -0.1) is 0 Å². The lowest BCUT2D eigenvalue weighted by Gasteiger charge is -2.41. The van der Waals surface area contributed by atoms with Crippen molar-refractivity contribution in [2.75, 3.05) is 0 Å². The van der Waals surface area contributed by atoms with Crippen LogP contribution >= 0.6 is 0 Å². The molecule has 2 aliphatic carbocycles. The minimum Gasteiger partial charge on any atom is -0.393 e. The summed E-state index contributed by atoms with van der Waals surface area (Å²) >= 11 is 0. The van der Waals surface area contributed by atoms with Crippen molar-refractivity contribution in [2.45, 2.75) is 64.4 Å². The fraction of sp³-hybridized carbons (Fsp3) is 1.00. The monoisotopic (exact) mass is 196 g/mol. The SMILES string of the molecule is CCC[C@H]1CC[C@@H]2C[C@H](O)CC[C@@H]2C1. The van der Waals surface area contributed by atoms with Crippen molar-refractivity contribution in [1.29, 1.82) is 0 Å². The Hall–Kier alpha value is -0.0400. The van der Waals surface area contributed by atoms with Gasteiger partial charge in [0, 0.05) is 0 Å². The molecule has 2 aliphatic rings. The van der Waals surface area contributed by atoms with E-state index in [2.05, 4.69) is 6.92 Å². The normalized spacial score (nSPS) is 43.3. The van der Waals surface area contributed by atoms with Crippen molar-refractivity contribution in [3.8, 4) is 0 Å². The molecular formula is C13H24O. The Morgan fingerprint density at radius 1 is 1.00 bits per heavy atom. The summed E-state index contributed by atoms with van der Waals surface area (Å²) < 4.78 is 0. The van der Waals surface area contributed by atoms with Crippen LogP contribution in [0.1, 0.15) is 58.3 Å². The van der Waals surface area contributed by atoms with Gasteiger partial charge in [-0.1, -0.05) is 26.2 Å². The molecular weight excluding hydrogens is 172 g/mol. The minimum absolute atomic E-state index is 0.0268. The number of aliphatic hydroxyl groups excluding tert-OH is 1. The van der Waals surface area contributed by atoms with E-state index in [1.165, 1.54) is 38.5 Å². The maximum Gasteiger partial charge on any atom is 0.0543 e. The highest BCUT2D eigenvalue weighted by atomic mass is 16.3. The Balaban J connectivity index is 1.85. The van der Waals surface area contributed by atoms with E-state index in [9.17, 15) is 5.11 Å². The number of fused-ring (bicyclic) bond motifs is 1. The molecule has 0 aromatic rings.